The first-order chi connectivity index (χ1) is 9.69. The van der Waals surface area contributed by atoms with Crippen LogP contribution < -0.4 is 9.47 Å². The lowest BCUT2D eigenvalue weighted by molar-refractivity contribution is -0.131. The molecular formula is C15H18O5. The van der Waals surface area contributed by atoms with Gasteiger partial charge in [0.05, 0.1) is 13.2 Å². The third-order valence-electron chi connectivity index (χ3n) is 3.07. The van der Waals surface area contributed by atoms with E-state index in [2.05, 4.69) is 0 Å². The highest BCUT2D eigenvalue weighted by atomic mass is 16.5. The van der Waals surface area contributed by atoms with Gasteiger partial charge in [0.15, 0.2) is 0 Å². The monoisotopic (exact) mass is 278 g/mol. The van der Waals surface area contributed by atoms with E-state index in [-0.39, 0.29) is 6.10 Å². The molecule has 0 amide bonds. The van der Waals surface area contributed by atoms with Crippen molar-refractivity contribution in [3.63, 3.8) is 0 Å². The molecule has 5 heteroatoms. The number of hydrogen-bond acceptors (Lipinski definition) is 4. The van der Waals surface area contributed by atoms with E-state index < -0.39 is 5.97 Å². The number of aliphatic carboxylic acids is 1. The lowest BCUT2D eigenvalue weighted by Gasteiger charge is -2.14. The van der Waals surface area contributed by atoms with Crippen molar-refractivity contribution in [3.8, 4) is 11.5 Å². The molecule has 0 spiro atoms. The Labute approximate surface area is 117 Å². The summed E-state index contributed by atoms with van der Waals surface area (Å²) >= 11 is 0. The van der Waals surface area contributed by atoms with E-state index >= 15 is 0 Å². The Kier molecular flexibility index (Phi) is 5.01. The van der Waals surface area contributed by atoms with Gasteiger partial charge in [-0.05, 0) is 37.1 Å². The van der Waals surface area contributed by atoms with Crippen molar-refractivity contribution in [2.45, 2.75) is 18.9 Å². The van der Waals surface area contributed by atoms with Gasteiger partial charge in [0.1, 0.15) is 18.1 Å². The molecule has 0 bridgehead atoms. The van der Waals surface area contributed by atoms with Gasteiger partial charge in [-0.3, -0.25) is 0 Å². The zero-order chi connectivity index (χ0) is 14.4. The molecule has 1 unspecified atom stereocenters. The fourth-order valence-corrected chi connectivity index (χ4v) is 2.03. The highest BCUT2D eigenvalue weighted by molar-refractivity contribution is 5.86. The van der Waals surface area contributed by atoms with Crippen molar-refractivity contribution in [2.75, 3.05) is 20.3 Å². The molecular weight excluding hydrogens is 260 g/mol. The molecule has 1 aromatic rings. The lowest BCUT2D eigenvalue weighted by Crippen LogP contribution is -2.16. The van der Waals surface area contributed by atoms with E-state index in [9.17, 15) is 4.79 Å². The Hall–Kier alpha value is -2.01. The van der Waals surface area contributed by atoms with Crippen LogP contribution in [0.4, 0.5) is 0 Å². The number of benzene rings is 1. The summed E-state index contributed by atoms with van der Waals surface area (Å²) in [5, 5.41) is 8.72. The van der Waals surface area contributed by atoms with Gasteiger partial charge in [-0.2, -0.15) is 0 Å². The number of carboxylic acids is 1. The number of methoxy groups -OCH3 is 1. The zero-order valence-corrected chi connectivity index (χ0v) is 11.4. The Morgan fingerprint density at radius 3 is 3.05 bits per heavy atom. The van der Waals surface area contributed by atoms with Gasteiger partial charge >= 0.3 is 5.97 Å². The van der Waals surface area contributed by atoms with Crippen molar-refractivity contribution >= 4 is 12.0 Å². The van der Waals surface area contributed by atoms with Crippen LogP contribution in [-0.4, -0.2) is 37.5 Å². The van der Waals surface area contributed by atoms with Gasteiger partial charge in [0.25, 0.3) is 0 Å². The summed E-state index contributed by atoms with van der Waals surface area (Å²) in [4.78, 5) is 10.6. The molecule has 0 saturated carbocycles. The molecule has 1 aromatic carbocycles. The van der Waals surface area contributed by atoms with E-state index in [1.807, 2.05) is 0 Å². The summed E-state index contributed by atoms with van der Waals surface area (Å²) in [6.45, 7) is 1.25. The van der Waals surface area contributed by atoms with Crippen LogP contribution in [0, 0.1) is 0 Å². The van der Waals surface area contributed by atoms with E-state index in [4.69, 9.17) is 19.3 Å². The van der Waals surface area contributed by atoms with Gasteiger partial charge in [0.2, 0.25) is 0 Å². The molecule has 108 valence electrons. The lowest BCUT2D eigenvalue weighted by atomic mass is 10.1. The minimum absolute atomic E-state index is 0.119. The van der Waals surface area contributed by atoms with Crippen molar-refractivity contribution in [2.24, 2.45) is 0 Å². The highest BCUT2D eigenvalue weighted by Gasteiger charge is 2.16. The molecule has 1 fully saturated rings. The Morgan fingerprint density at radius 2 is 2.40 bits per heavy atom. The SMILES string of the molecule is COc1ccc(OCC2CCCO2)c(/C=C/C(=O)O)c1. The minimum Gasteiger partial charge on any atom is -0.497 e. The van der Waals surface area contributed by atoms with Crippen molar-refractivity contribution < 1.29 is 24.1 Å². The largest absolute Gasteiger partial charge is 0.497 e. The molecule has 0 aliphatic carbocycles. The van der Waals surface area contributed by atoms with E-state index in [1.54, 1.807) is 25.3 Å². The van der Waals surface area contributed by atoms with Crippen molar-refractivity contribution in [1.82, 2.24) is 0 Å². The van der Waals surface area contributed by atoms with Crippen LogP contribution in [-0.2, 0) is 9.53 Å². The molecule has 1 N–H and O–H groups in total. The number of hydrogen-bond donors (Lipinski definition) is 1. The second-order valence-corrected chi connectivity index (χ2v) is 4.52. The normalized spacial score (nSPS) is 18.4. The van der Waals surface area contributed by atoms with Crippen LogP contribution in [0.1, 0.15) is 18.4 Å². The van der Waals surface area contributed by atoms with Crippen molar-refractivity contribution in [3.05, 3.63) is 29.8 Å². The predicted molar refractivity (Wildman–Crippen MR) is 74.1 cm³/mol. The Balaban J connectivity index is 2.10. The zero-order valence-electron chi connectivity index (χ0n) is 11.4. The van der Waals surface area contributed by atoms with Gasteiger partial charge in [-0.15, -0.1) is 0 Å². The summed E-state index contributed by atoms with van der Waals surface area (Å²) in [5.41, 5.74) is 0.671. The topological polar surface area (TPSA) is 65.0 Å². The van der Waals surface area contributed by atoms with E-state index in [0.717, 1.165) is 25.5 Å². The predicted octanol–water partition coefficient (Wildman–Crippen LogP) is 2.35. The fraction of sp³-hybridized carbons (Fsp3) is 0.400. The summed E-state index contributed by atoms with van der Waals surface area (Å²) in [6.07, 6.45) is 4.75. The standard InChI is InChI=1S/C15H18O5/c1-18-12-5-6-14(11(9-12)4-7-15(16)17)20-10-13-3-2-8-19-13/h4-7,9,13H,2-3,8,10H2,1H3,(H,16,17)/b7-4+. The second kappa shape index (κ2) is 6.96. The summed E-state index contributed by atoms with van der Waals surface area (Å²) in [6, 6.07) is 5.29. The Bertz CT molecular complexity index is 489. The van der Waals surface area contributed by atoms with Crippen molar-refractivity contribution in [1.29, 1.82) is 0 Å². The van der Waals surface area contributed by atoms with Crippen LogP contribution in [0.3, 0.4) is 0 Å². The molecule has 1 aliphatic heterocycles. The van der Waals surface area contributed by atoms with E-state index in [0.29, 0.717) is 23.7 Å². The fourth-order valence-electron chi connectivity index (χ4n) is 2.03. The molecule has 5 nitrogen and oxygen atoms in total. The molecule has 2 rings (SSSR count). The molecule has 0 radical (unpaired) electrons. The summed E-state index contributed by atoms with van der Waals surface area (Å²) in [7, 11) is 1.56. The number of ether oxygens (including phenoxy) is 3. The first kappa shape index (κ1) is 14.4. The number of rotatable bonds is 6. The molecule has 1 aliphatic rings. The maximum Gasteiger partial charge on any atom is 0.328 e. The average Bonchev–Trinajstić information content (AvgIpc) is 2.96. The van der Waals surface area contributed by atoms with Crippen LogP contribution >= 0.6 is 0 Å². The first-order valence-corrected chi connectivity index (χ1v) is 6.52. The maximum atomic E-state index is 10.6. The second-order valence-electron chi connectivity index (χ2n) is 4.52. The Morgan fingerprint density at radius 1 is 1.55 bits per heavy atom. The average molecular weight is 278 g/mol. The van der Waals surface area contributed by atoms with Gasteiger partial charge in [0, 0.05) is 18.2 Å². The number of carboxylic acid groups (broad SMARTS) is 1. The number of carbonyl (C=O) groups is 1. The summed E-state index contributed by atoms with van der Waals surface area (Å²) in [5.74, 6) is 0.274. The molecule has 1 atom stereocenters. The minimum atomic E-state index is -1.00. The summed E-state index contributed by atoms with van der Waals surface area (Å²) < 4.78 is 16.4. The molecule has 1 saturated heterocycles. The molecule has 0 aromatic heterocycles. The van der Waals surface area contributed by atoms with Crippen LogP contribution in [0.15, 0.2) is 24.3 Å². The highest BCUT2D eigenvalue weighted by Crippen LogP contribution is 2.26. The quantitative estimate of drug-likeness (QED) is 0.809. The third-order valence-corrected chi connectivity index (χ3v) is 3.07. The van der Waals surface area contributed by atoms with Crippen LogP contribution in [0.5, 0.6) is 11.5 Å². The van der Waals surface area contributed by atoms with Gasteiger partial charge in [-0.1, -0.05) is 0 Å². The smallest absolute Gasteiger partial charge is 0.328 e. The van der Waals surface area contributed by atoms with Gasteiger partial charge in [-0.25, -0.2) is 4.79 Å². The first-order valence-electron chi connectivity index (χ1n) is 6.52. The van der Waals surface area contributed by atoms with Crippen LogP contribution in [0.2, 0.25) is 0 Å². The van der Waals surface area contributed by atoms with Crippen LogP contribution in [0.25, 0.3) is 6.08 Å². The maximum absolute atomic E-state index is 10.6. The third kappa shape index (κ3) is 3.99. The molecule has 20 heavy (non-hydrogen) atoms. The van der Waals surface area contributed by atoms with E-state index in [1.165, 1.54) is 6.08 Å². The molecule has 1 heterocycles. The van der Waals surface area contributed by atoms with Gasteiger partial charge < -0.3 is 19.3 Å².